The van der Waals surface area contributed by atoms with Crippen molar-refractivity contribution in [1.29, 1.82) is 0 Å². The summed E-state index contributed by atoms with van der Waals surface area (Å²) < 4.78 is 27.9. The average Bonchev–Trinajstić information content (AvgIpc) is 2.86. The van der Waals surface area contributed by atoms with E-state index in [4.69, 9.17) is 23.7 Å². The van der Waals surface area contributed by atoms with Gasteiger partial charge in [-0.25, -0.2) is 9.59 Å². The zero-order valence-corrected chi connectivity index (χ0v) is 23.3. The van der Waals surface area contributed by atoms with Crippen molar-refractivity contribution in [2.24, 2.45) is 0 Å². The van der Waals surface area contributed by atoms with Gasteiger partial charge in [0, 0.05) is 19.7 Å². The van der Waals surface area contributed by atoms with Gasteiger partial charge in [-0.1, -0.05) is 24.3 Å². The van der Waals surface area contributed by atoms with Crippen LogP contribution < -0.4 is 10.6 Å². The molecule has 9 nitrogen and oxygen atoms in total. The normalized spacial score (nSPS) is 22.6. The Balaban J connectivity index is 1.33. The van der Waals surface area contributed by atoms with E-state index in [-0.39, 0.29) is 30.5 Å². The van der Waals surface area contributed by atoms with Crippen molar-refractivity contribution < 1.29 is 33.3 Å². The molecule has 9 heteroatoms. The minimum absolute atomic E-state index is 0.00278. The fraction of sp³-hybridized carbons (Fsp3) is 0.793. The lowest BCUT2D eigenvalue weighted by atomic mass is 10.0. The average molecular weight is 539 g/mol. The number of allylic oxidation sites excluding steroid dienone is 4. The van der Waals surface area contributed by atoms with Crippen LogP contribution in [-0.2, 0) is 23.7 Å². The maximum absolute atomic E-state index is 12.0. The molecule has 38 heavy (non-hydrogen) atoms. The molecule has 2 aliphatic rings. The fourth-order valence-electron chi connectivity index (χ4n) is 4.33. The molecule has 0 fully saturated rings. The zero-order chi connectivity index (χ0) is 27.1. The van der Waals surface area contributed by atoms with Crippen LogP contribution in [0.15, 0.2) is 24.3 Å². The topological polar surface area (TPSA) is 104 Å². The molecule has 0 saturated heterocycles. The van der Waals surface area contributed by atoms with Gasteiger partial charge in [0.15, 0.2) is 0 Å². The van der Waals surface area contributed by atoms with E-state index in [1.165, 1.54) is 0 Å². The van der Waals surface area contributed by atoms with Crippen molar-refractivity contribution in [1.82, 2.24) is 10.6 Å². The number of carbonyl (C=O) groups excluding carboxylic acids is 2. The SMILES string of the molecule is CC(COCCCCNC(=O)OC1CC/C=C/CCC1)OCCOCCNC(=O)OC1CC/C=C/CCC1. The summed E-state index contributed by atoms with van der Waals surface area (Å²) in [7, 11) is 0. The Morgan fingerprint density at radius 2 is 1.32 bits per heavy atom. The summed E-state index contributed by atoms with van der Waals surface area (Å²) >= 11 is 0. The molecule has 0 aromatic carbocycles. The van der Waals surface area contributed by atoms with Crippen molar-refractivity contribution in [3.8, 4) is 0 Å². The molecule has 3 atom stereocenters. The monoisotopic (exact) mass is 538 g/mol. The molecule has 0 aromatic heterocycles. The number of hydrogen-bond donors (Lipinski definition) is 2. The van der Waals surface area contributed by atoms with Crippen LogP contribution in [0.25, 0.3) is 0 Å². The number of nitrogens with one attached hydrogen (secondary N) is 2. The van der Waals surface area contributed by atoms with Gasteiger partial charge in [-0.05, 0) is 84.0 Å². The summed E-state index contributed by atoms with van der Waals surface area (Å²) in [6.07, 6.45) is 19.5. The standard InChI is InChI=1S/C29H50N2O7/c1-25(24-35-20-13-12-18-30-28(32)37-26-14-8-4-2-5-9-15-26)36-23-22-34-21-19-31-29(33)38-27-16-10-6-3-7-11-17-27/h2-4,6,25-27H,5,7-24H2,1H3,(H,30,32)(H,31,33)/b4-2+,6-3+. The van der Waals surface area contributed by atoms with E-state index in [0.717, 1.165) is 77.0 Å². The van der Waals surface area contributed by atoms with Crippen LogP contribution in [0.4, 0.5) is 9.59 Å². The summed E-state index contributed by atoms with van der Waals surface area (Å²) in [5.74, 6) is 0. The van der Waals surface area contributed by atoms with Gasteiger partial charge in [0.25, 0.3) is 0 Å². The molecular weight excluding hydrogens is 488 g/mol. The van der Waals surface area contributed by atoms with Crippen molar-refractivity contribution in [2.45, 2.75) is 102 Å². The number of hydrogen-bond acceptors (Lipinski definition) is 7. The highest BCUT2D eigenvalue weighted by atomic mass is 16.6. The van der Waals surface area contributed by atoms with Crippen molar-refractivity contribution in [3.05, 3.63) is 24.3 Å². The minimum Gasteiger partial charge on any atom is -0.446 e. The molecule has 2 N–H and O–H groups in total. The predicted octanol–water partition coefficient (Wildman–Crippen LogP) is 5.44. The second kappa shape index (κ2) is 21.8. The van der Waals surface area contributed by atoms with Gasteiger partial charge in [-0.15, -0.1) is 0 Å². The highest BCUT2D eigenvalue weighted by molar-refractivity contribution is 5.67. The highest BCUT2D eigenvalue weighted by Gasteiger charge is 2.15. The van der Waals surface area contributed by atoms with Gasteiger partial charge >= 0.3 is 12.2 Å². The molecule has 0 heterocycles. The second-order valence-corrected chi connectivity index (χ2v) is 9.94. The Bertz CT molecular complexity index is 630. The van der Waals surface area contributed by atoms with Gasteiger partial charge in [-0.2, -0.15) is 0 Å². The minimum atomic E-state index is -0.371. The van der Waals surface area contributed by atoms with Crippen molar-refractivity contribution in [2.75, 3.05) is 46.1 Å². The number of ether oxygens (including phenoxy) is 5. The largest absolute Gasteiger partial charge is 0.446 e. The fourth-order valence-corrected chi connectivity index (χ4v) is 4.33. The lowest BCUT2D eigenvalue weighted by Gasteiger charge is -2.18. The van der Waals surface area contributed by atoms with Crippen LogP contribution in [0, 0.1) is 0 Å². The van der Waals surface area contributed by atoms with E-state index in [2.05, 4.69) is 34.9 Å². The number of unbranched alkanes of at least 4 members (excludes halogenated alkanes) is 1. The molecule has 0 radical (unpaired) electrons. The molecule has 218 valence electrons. The van der Waals surface area contributed by atoms with E-state index in [9.17, 15) is 9.59 Å². The lowest BCUT2D eigenvalue weighted by Crippen LogP contribution is -2.32. The molecular formula is C29H50N2O7. The van der Waals surface area contributed by atoms with E-state index in [0.29, 0.717) is 46.1 Å². The Hall–Kier alpha value is -2.10. The Labute approximate surface area is 229 Å². The third-order valence-electron chi connectivity index (χ3n) is 6.47. The van der Waals surface area contributed by atoms with Gasteiger partial charge in [0.2, 0.25) is 0 Å². The van der Waals surface area contributed by atoms with E-state index < -0.39 is 0 Å². The zero-order valence-electron chi connectivity index (χ0n) is 23.3. The Morgan fingerprint density at radius 3 is 1.97 bits per heavy atom. The second-order valence-electron chi connectivity index (χ2n) is 9.94. The first kappa shape index (κ1) is 32.1. The number of alkyl carbamates (subject to hydrolysis) is 2. The van der Waals surface area contributed by atoms with Gasteiger partial charge in [0.05, 0.1) is 32.5 Å². The first-order valence-electron chi connectivity index (χ1n) is 14.6. The maximum atomic E-state index is 12.0. The van der Waals surface area contributed by atoms with Crippen LogP contribution in [0.5, 0.6) is 0 Å². The molecule has 2 aliphatic carbocycles. The third-order valence-corrected chi connectivity index (χ3v) is 6.47. The van der Waals surface area contributed by atoms with Crippen molar-refractivity contribution >= 4 is 12.2 Å². The van der Waals surface area contributed by atoms with Crippen LogP contribution in [-0.4, -0.2) is 76.6 Å². The quantitative estimate of drug-likeness (QED) is 0.199. The van der Waals surface area contributed by atoms with Gasteiger partial charge < -0.3 is 34.3 Å². The number of carbonyl (C=O) groups is 2. The Morgan fingerprint density at radius 1 is 0.711 bits per heavy atom. The first-order valence-corrected chi connectivity index (χ1v) is 14.6. The summed E-state index contributed by atoms with van der Waals surface area (Å²) in [5.41, 5.74) is 0. The van der Waals surface area contributed by atoms with Crippen LogP contribution in [0.2, 0.25) is 0 Å². The van der Waals surface area contributed by atoms with Crippen LogP contribution in [0.1, 0.15) is 84.0 Å². The summed E-state index contributed by atoms with van der Waals surface area (Å²) in [6, 6.07) is 0. The third kappa shape index (κ3) is 17.4. The smallest absolute Gasteiger partial charge is 0.407 e. The molecule has 0 spiro atoms. The molecule has 0 bridgehead atoms. The number of rotatable bonds is 16. The molecule has 2 rings (SSSR count). The predicted molar refractivity (Wildman–Crippen MR) is 147 cm³/mol. The van der Waals surface area contributed by atoms with Gasteiger partial charge in [0.1, 0.15) is 12.2 Å². The lowest BCUT2D eigenvalue weighted by molar-refractivity contribution is -0.0298. The summed E-state index contributed by atoms with van der Waals surface area (Å²) in [5, 5.41) is 5.58. The van der Waals surface area contributed by atoms with E-state index in [1.807, 2.05) is 6.92 Å². The van der Waals surface area contributed by atoms with Gasteiger partial charge in [-0.3, -0.25) is 0 Å². The summed E-state index contributed by atoms with van der Waals surface area (Å²) in [6.45, 7) is 5.42. The van der Waals surface area contributed by atoms with Crippen LogP contribution in [0.3, 0.4) is 0 Å². The molecule has 0 aliphatic heterocycles. The summed E-state index contributed by atoms with van der Waals surface area (Å²) in [4.78, 5) is 23.9. The molecule has 2 amide bonds. The molecule has 3 unspecified atom stereocenters. The first-order chi connectivity index (χ1) is 18.6. The molecule has 0 saturated carbocycles. The highest BCUT2D eigenvalue weighted by Crippen LogP contribution is 2.16. The van der Waals surface area contributed by atoms with Crippen LogP contribution >= 0.6 is 0 Å². The number of amides is 2. The Kier molecular flexibility index (Phi) is 18.4. The van der Waals surface area contributed by atoms with E-state index in [1.54, 1.807) is 0 Å². The maximum Gasteiger partial charge on any atom is 0.407 e. The van der Waals surface area contributed by atoms with E-state index >= 15 is 0 Å². The van der Waals surface area contributed by atoms with Crippen molar-refractivity contribution in [3.63, 3.8) is 0 Å². The molecule has 0 aromatic rings.